The Kier molecular flexibility index (Phi) is 3.70. The van der Waals surface area contributed by atoms with Crippen molar-refractivity contribution in [2.45, 2.75) is 13.8 Å². The molecule has 2 aromatic carbocycles. The molecular formula is C22H17N5O2. The van der Waals surface area contributed by atoms with Crippen LogP contribution in [0.25, 0.3) is 39.0 Å². The summed E-state index contributed by atoms with van der Waals surface area (Å²) in [6.45, 7) is 3.66. The molecule has 5 aromatic rings. The lowest BCUT2D eigenvalue weighted by molar-refractivity contribution is 0.778. The van der Waals surface area contributed by atoms with Gasteiger partial charge in [-0.2, -0.15) is 4.68 Å². The monoisotopic (exact) mass is 383 g/mol. The Morgan fingerprint density at radius 3 is 2.34 bits per heavy atom. The number of aryl methyl sites for hydroxylation is 2. The van der Waals surface area contributed by atoms with Crippen LogP contribution in [0.5, 0.6) is 0 Å². The molecule has 0 fully saturated rings. The van der Waals surface area contributed by atoms with Gasteiger partial charge in [0.1, 0.15) is 11.0 Å². The first-order valence-electron chi connectivity index (χ1n) is 9.19. The molecule has 142 valence electrons. The molecule has 7 nitrogen and oxygen atoms in total. The molecule has 0 amide bonds. The SMILES string of the molecule is Cc1cc(C)nc(-n2[nH]c3[nH]c(-c4ccc5ccccc5c4)cc(=O)c3c2=O)n1. The number of hydrogen-bond donors (Lipinski definition) is 2. The van der Waals surface area contributed by atoms with E-state index < -0.39 is 5.56 Å². The van der Waals surface area contributed by atoms with Crippen LogP contribution in [-0.2, 0) is 0 Å². The standard InChI is InChI=1S/C22H17N5O2/c1-12-9-13(2)24-22(23-12)27-21(29)19-18(28)11-17(25-20(19)26-27)16-8-7-14-5-3-4-6-15(14)10-16/h3-11H,1-2H3,(H2,25,26,28). The van der Waals surface area contributed by atoms with Crippen LogP contribution in [0.3, 0.4) is 0 Å². The fourth-order valence-electron chi connectivity index (χ4n) is 3.59. The van der Waals surface area contributed by atoms with Crippen LogP contribution in [0.1, 0.15) is 11.4 Å². The number of pyridine rings is 1. The molecule has 0 aliphatic heterocycles. The highest BCUT2D eigenvalue weighted by Crippen LogP contribution is 2.23. The zero-order chi connectivity index (χ0) is 20.1. The Labute approximate surface area is 164 Å². The molecule has 0 unspecified atom stereocenters. The number of hydrogen-bond acceptors (Lipinski definition) is 4. The Balaban J connectivity index is 1.72. The van der Waals surface area contributed by atoms with Crippen molar-refractivity contribution in [1.82, 2.24) is 24.7 Å². The Morgan fingerprint density at radius 2 is 1.59 bits per heavy atom. The smallest absolute Gasteiger partial charge is 0.287 e. The van der Waals surface area contributed by atoms with Crippen LogP contribution in [0.4, 0.5) is 0 Å². The van der Waals surface area contributed by atoms with Gasteiger partial charge in [-0.15, -0.1) is 0 Å². The fraction of sp³-hybridized carbons (Fsp3) is 0.0909. The summed E-state index contributed by atoms with van der Waals surface area (Å²) < 4.78 is 1.20. The van der Waals surface area contributed by atoms with Crippen molar-refractivity contribution >= 4 is 21.8 Å². The minimum Gasteiger partial charge on any atom is -0.339 e. The Morgan fingerprint density at radius 1 is 0.862 bits per heavy atom. The average molecular weight is 383 g/mol. The third kappa shape index (κ3) is 2.84. The molecule has 0 bridgehead atoms. The summed E-state index contributed by atoms with van der Waals surface area (Å²) in [5.74, 6) is 0.212. The van der Waals surface area contributed by atoms with E-state index in [4.69, 9.17) is 0 Å². The maximum absolute atomic E-state index is 12.8. The summed E-state index contributed by atoms with van der Waals surface area (Å²) in [5, 5.41) is 5.19. The van der Waals surface area contributed by atoms with E-state index in [1.807, 2.05) is 62.4 Å². The van der Waals surface area contributed by atoms with Crippen LogP contribution >= 0.6 is 0 Å². The van der Waals surface area contributed by atoms with Gasteiger partial charge in [-0.05, 0) is 42.3 Å². The number of aromatic nitrogens is 5. The molecule has 0 saturated carbocycles. The molecule has 5 rings (SSSR count). The van der Waals surface area contributed by atoms with Gasteiger partial charge in [0.25, 0.3) is 11.5 Å². The zero-order valence-corrected chi connectivity index (χ0v) is 15.9. The highest BCUT2D eigenvalue weighted by molar-refractivity contribution is 5.87. The van der Waals surface area contributed by atoms with Gasteiger partial charge in [0.15, 0.2) is 5.43 Å². The lowest BCUT2D eigenvalue weighted by Crippen LogP contribution is -2.20. The maximum Gasteiger partial charge on any atom is 0.287 e. The van der Waals surface area contributed by atoms with Crippen LogP contribution in [-0.4, -0.2) is 24.7 Å². The van der Waals surface area contributed by atoms with Gasteiger partial charge in [-0.1, -0.05) is 36.4 Å². The van der Waals surface area contributed by atoms with E-state index in [0.717, 1.165) is 27.7 Å². The van der Waals surface area contributed by atoms with Gasteiger partial charge >= 0.3 is 0 Å². The molecule has 29 heavy (non-hydrogen) atoms. The largest absolute Gasteiger partial charge is 0.339 e. The molecule has 3 aromatic heterocycles. The third-order valence-corrected chi connectivity index (χ3v) is 4.90. The van der Waals surface area contributed by atoms with Crippen LogP contribution in [0, 0.1) is 13.8 Å². The number of aromatic amines is 2. The molecular weight excluding hydrogens is 366 g/mol. The van der Waals surface area contributed by atoms with Crippen molar-refractivity contribution in [3.8, 4) is 17.2 Å². The van der Waals surface area contributed by atoms with E-state index in [2.05, 4.69) is 20.1 Å². The fourth-order valence-corrected chi connectivity index (χ4v) is 3.59. The van der Waals surface area contributed by atoms with E-state index in [9.17, 15) is 9.59 Å². The second kappa shape index (κ2) is 6.27. The number of rotatable bonds is 2. The molecule has 2 N–H and O–H groups in total. The summed E-state index contributed by atoms with van der Waals surface area (Å²) in [6, 6.07) is 17.2. The summed E-state index contributed by atoms with van der Waals surface area (Å²) in [6.07, 6.45) is 0. The van der Waals surface area contributed by atoms with Gasteiger partial charge in [-0.25, -0.2) is 9.97 Å². The lowest BCUT2D eigenvalue weighted by Gasteiger charge is -2.04. The summed E-state index contributed by atoms with van der Waals surface area (Å²) in [4.78, 5) is 37.4. The molecule has 0 atom stereocenters. The first-order valence-corrected chi connectivity index (χ1v) is 9.19. The van der Waals surface area contributed by atoms with E-state index in [-0.39, 0.29) is 16.8 Å². The van der Waals surface area contributed by atoms with Gasteiger partial charge in [0.2, 0.25) is 0 Å². The normalized spacial score (nSPS) is 11.4. The molecule has 7 heteroatoms. The maximum atomic E-state index is 12.8. The van der Waals surface area contributed by atoms with E-state index in [0.29, 0.717) is 11.3 Å². The van der Waals surface area contributed by atoms with Gasteiger partial charge < -0.3 is 4.98 Å². The van der Waals surface area contributed by atoms with Crippen LogP contribution in [0.15, 0.2) is 64.2 Å². The van der Waals surface area contributed by atoms with Crippen molar-refractivity contribution in [1.29, 1.82) is 0 Å². The molecule has 0 aliphatic rings. The van der Waals surface area contributed by atoms with E-state index >= 15 is 0 Å². The Bertz CT molecular complexity index is 1500. The molecule has 0 aliphatic carbocycles. The minimum absolute atomic E-state index is 0.0531. The molecule has 0 spiro atoms. The Hall–Kier alpha value is -4.00. The highest BCUT2D eigenvalue weighted by Gasteiger charge is 2.16. The number of fused-ring (bicyclic) bond motifs is 2. The van der Waals surface area contributed by atoms with Crippen molar-refractivity contribution < 1.29 is 0 Å². The van der Waals surface area contributed by atoms with Crippen LogP contribution < -0.4 is 11.0 Å². The van der Waals surface area contributed by atoms with Crippen molar-refractivity contribution in [3.05, 3.63) is 86.6 Å². The average Bonchev–Trinajstić information content (AvgIpc) is 3.04. The number of nitrogens with one attached hydrogen (secondary N) is 2. The summed E-state index contributed by atoms with van der Waals surface area (Å²) >= 11 is 0. The predicted molar refractivity (Wildman–Crippen MR) is 113 cm³/mol. The zero-order valence-electron chi connectivity index (χ0n) is 15.9. The van der Waals surface area contributed by atoms with E-state index in [1.165, 1.54) is 10.7 Å². The summed E-state index contributed by atoms with van der Waals surface area (Å²) in [7, 11) is 0. The van der Waals surface area contributed by atoms with E-state index in [1.54, 1.807) is 0 Å². The number of nitrogens with zero attached hydrogens (tertiary/aromatic N) is 3. The first kappa shape index (κ1) is 17.1. The van der Waals surface area contributed by atoms with Crippen molar-refractivity contribution in [2.24, 2.45) is 0 Å². The predicted octanol–water partition coefficient (Wildman–Crippen LogP) is 3.23. The van der Waals surface area contributed by atoms with Gasteiger partial charge in [-0.3, -0.25) is 14.7 Å². The molecule has 0 radical (unpaired) electrons. The summed E-state index contributed by atoms with van der Waals surface area (Å²) in [5.41, 5.74) is 2.47. The lowest BCUT2D eigenvalue weighted by atomic mass is 10.0. The third-order valence-electron chi connectivity index (χ3n) is 4.90. The van der Waals surface area contributed by atoms with Gasteiger partial charge in [0, 0.05) is 17.5 Å². The first-order chi connectivity index (χ1) is 14.0. The number of benzene rings is 2. The molecule has 3 heterocycles. The van der Waals surface area contributed by atoms with Gasteiger partial charge in [0.05, 0.1) is 5.69 Å². The second-order valence-electron chi connectivity index (χ2n) is 7.06. The second-order valence-corrected chi connectivity index (χ2v) is 7.06. The number of H-pyrrole nitrogens is 2. The van der Waals surface area contributed by atoms with Crippen LogP contribution in [0.2, 0.25) is 0 Å². The highest BCUT2D eigenvalue weighted by atomic mass is 16.1. The minimum atomic E-state index is -0.476. The van der Waals surface area contributed by atoms with Crippen molar-refractivity contribution in [2.75, 3.05) is 0 Å². The molecule has 0 saturated heterocycles. The quantitative estimate of drug-likeness (QED) is 0.489. The topological polar surface area (TPSA) is 96.4 Å². The van der Waals surface area contributed by atoms with Crippen molar-refractivity contribution in [3.63, 3.8) is 0 Å².